The van der Waals surface area contributed by atoms with Crippen molar-refractivity contribution < 1.29 is 14.3 Å². The smallest absolute Gasteiger partial charge is 0.265 e. The predicted octanol–water partition coefficient (Wildman–Crippen LogP) is 3.40. The van der Waals surface area contributed by atoms with Crippen molar-refractivity contribution in [2.75, 3.05) is 31.1 Å². The van der Waals surface area contributed by atoms with Gasteiger partial charge < -0.3 is 14.5 Å². The Hall–Kier alpha value is -2.30. The Labute approximate surface area is 155 Å². The van der Waals surface area contributed by atoms with E-state index in [1.807, 2.05) is 29.2 Å². The molecule has 26 heavy (non-hydrogen) atoms. The zero-order chi connectivity index (χ0) is 18.4. The van der Waals surface area contributed by atoms with Crippen molar-refractivity contribution >= 4 is 17.5 Å². The minimum atomic E-state index is -0.0981. The first kappa shape index (κ1) is 18.5. The lowest BCUT2D eigenvalue weighted by Crippen LogP contribution is -2.42. The van der Waals surface area contributed by atoms with E-state index in [-0.39, 0.29) is 18.4 Å². The molecule has 1 aliphatic heterocycles. The molecule has 0 saturated heterocycles. The molecule has 1 heterocycles. The number of hydrogen-bond acceptors (Lipinski definition) is 3. The van der Waals surface area contributed by atoms with E-state index in [1.165, 1.54) is 32.1 Å². The van der Waals surface area contributed by atoms with Crippen molar-refractivity contribution in [3.63, 3.8) is 0 Å². The summed E-state index contributed by atoms with van der Waals surface area (Å²) in [7, 11) is 0. The minimum absolute atomic E-state index is 0.0314. The Morgan fingerprint density at radius 2 is 2.04 bits per heavy atom. The first-order valence-corrected chi connectivity index (χ1v) is 9.60. The first-order valence-electron chi connectivity index (χ1n) is 9.60. The molecule has 0 atom stereocenters. The Morgan fingerprint density at radius 1 is 1.27 bits per heavy atom. The molecule has 0 N–H and O–H groups in total. The SMILES string of the molecule is C=CCN(CC1CCCCC1)C(=O)CCN1C(=O)COc2ccccc21. The van der Waals surface area contributed by atoms with Crippen LogP contribution in [0.3, 0.4) is 0 Å². The van der Waals surface area contributed by atoms with E-state index >= 15 is 0 Å². The third-order valence-electron chi connectivity index (χ3n) is 5.26. The van der Waals surface area contributed by atoms with Gasteiger partial charge in [0, 0.05) is 26.1 Å². The van der Waals surface area contributed by atoms with Gasteiger partial charge in [-0.25, -0.2) is 0 Å². The molecule has 0 radical (unpaired) electrons. The van der Waals surface area contributed by atoms with Gasteiger partial charge in [0.05, 0.1) is 5.69 Å². The summed E-state index contributed by atoms with van der Waals surface area (Å²) in [6.45, 7) is 5.59. The van der Waals surface area contributed by atoms with Gasteiger partial charge in [-0.05, 0) is 30.9 Å². The molecule has 0 spiro atoms. The maximum Gasteiger partial charge on any atom is 0.265 e. The zero-order valence-corrected chi connectivity index (χ0v) is 15.4. The molecule has 1 aliphatic carbocycles. The summed E-state index contributed by atoms with van der Waals surface area (Å²) in [5.41, 5.74) is 0.749. The predicted molar refractivity (Wildman–Crippen MR) is 102 cm³/mol. The summed E-state index contributed by atoms with van der Waals surface area (Å²) >= 11 is 0. The maximum atomic E-state index is 12.8. The van der Waals surface area contributed by atoms with E-state index < -0.39 is 0 Å². The molecular weight excluding hydrogens is 328 g/mol. The number of ether oxygens (including phenoxy) is 1. The fourth-order valence-corrected chi connectivity index (χ4v) is 3.88. The molecule has 5 heteroatoms. The average molecular weight is 356 g/mol. The zero-order valence-electron chi connectivity index (χ0n) is 15.4. The second kappa shape index (κ2) is 8.88. The van der Waals surface area contributed by atoms with Crippen LogP contribution in [0, 0.1) is 5.92 Å². The summed E-state index contributed by atoms with van der Waals surface area (Å²) in [4.78, 5) is 28.6. The van der Waals surface area contributed by atoms with Crippen LogP contribution in [0.5, 0.6) is 5.75 Å². The molecule has 3 rings (SSSR count). The van der Waals surface area contributed by atoms with Crippen LogP contribution in [0.1, 0.15) is 38.5 Å². The number of benzene rings is 1. The van der Waals surface area contributed by atoms with Crippen molar-refractivity contribution in [3.8, 4) is 5.75 Å². The monoisotopic (exact) mass is 356 g/mol. The summed E-state index contributed by atoms with van der Waals surface area (Å²) in [5, 5.41) is 0. The van der Waals surface area contributed by atoms with Crippen LogP contribution >= 0.6 is 0 Å². The number of nitrogens with zero attached hydrogens (tertiary/aromatic N) is 2. The van der Waals surface area contributed by atoms with Crippen LogP contribution in [0.15, 0.2) is 36.9 Å². The van der Waals surface area contributed by atoms with Gasteiger partial charge in [0.25, 0.3) is 5.91 Å². The third kappa shape index (κ3) is 4.45. The largest absolute Gasteiger partial charge is 0.482 e. The van der Waals surface area contributed by atoms with E-state index in [0.717, 1.165) is 12.2 Å². The lowest BCUT2D eigenvalue weighted by Gasteiger charge is -2.31. The van der Waals surface area contributed by atoms with Gasteiger partial charge in [0.15, 0.2) is 6.61 Å². The van der Waals surface area contributed by atoms with Crippen molar-refractivity contribution in [3.05, 3.63) is 36.9 Å². The van der Waals surface area contributed by atoms with E-state index in [4.69, 9.17) is 4.74 Å². The van der Waals surface area contributed by atoms with Gasteiger partial charge in [-0.2, -0.15) is 0 Å². The summed E-state index contributed by atoms with van der Waals surface area (Å²) in [6.07, 6.45) is 8.35. The molecule has 1 aromatic carbocycles. The molecule has 1 fully saturated rings. The third-order valence-corrected chi connectivity index (χ3v) is 5.26. The highest BCUT2D eigenvalue weighted by molar-refractivity contribution is 5.98. The minimum Gasteiger partial charge on any atom is -0.482 e. The van der Waals surface area contributed by atoms with Gasteiger partial charge >= 0.3 is 0 Å². The number of fused-ring (bicyclic) bond motifs is 1. The number of anilines is 1. The molecule has 1 aromatic rings. The highest BCUT2D eigenvalue weighted by Crippen LogP contribution is 2.31. The van der Waals surface area contributed by atoms with Gasteiger partial charge in [0.2, 0.25) is 5.91 Å². The van der Waals surface area contributed by atoms with Gasteiger partial charge in [-0.15, -0.1) is 6.58 Å². The normalized spacial score (nSPS) is 17.4. The number of para-hydroxylation sites is 2. The van der Waals surface area contributed by atoms with Crippen LogP contribution < -0.4 is 9.64 Å². The molecule has 1 saturated carbocycles. The lowest BCUT2D eigenvalue weighted by atomic mass is 9.89. The van der Waals surface area contributed by atoms with Gasteiger partial charge in [0.1, 0.15) is 5.75 Å². The fourth-order valence-electron chi connectivity index (χ4n) is 3.88. The van der Waals surface area contributed by atoms with Crippen LogP contribution in [-0.4, -0.2) is 43.0 Å². The Bertz CT molecular complexity index is 652. The Balaban J connectivity index is 1.60. The molecular formula is C21H28N2O3. The number of hydrogen-bond donors (Lipinski definition) is 0. The van der Waals surface area contributed by atoms with Gasteiger partial charge in [-0.1, -0.05) is 37.5 Å². The molecule has 0 aromatic heterocycles. The van der Waals surface area contributed by atoms with E-state index in [9.17, 15) is 9.59 Å². The van der Waals surface area contributed by atoms with Crippen molar-refractivity contribution in [1.82, 2.24) is 4.90 Å². The van der Waals surface area contributed by atoms with Crippen LogP contribution in [0.2, 0.25) is 0 Å². The van der Waals surface area contributed by atoms with E-state index in [0.29, 0.717) is 31.2 Å². The highest BCUT2D eigenvalue weighted by Gasteiger charge is 2.27. The second-order valence-corrected chi connectivity index (χ2v) is 7.14. The quantitative estimate of drug-likeness (QED) is 0.704. The average Bonchev–Trinajstić information content (AvgIpc) is 2.67. The first-order chi connectivity index (χ1) is 12.7. The summed E-state index contributed by atoms with van der Waals surface area (Å²) in [5.74, 6) is 1.29. The number of carbonyl (C=O) groups is 2. The van der Waals surface area contributed by atoms with Crippen LogP contribution in [0.25, 0.3) is 0 Å². The molecule has 2 amide bonds. The van der Waals surface area contributed by atoms with Crippen LogP contribution in [-0.2, 0) is 9.59 Å². The summed E-state index contributed by atoms with van der Waals surface area (Å²) < 4.78 is 5.46. The van der Waals surface area contributed by atoms with E-state index in [2.05, 4.69) is 6.58 Å². The lowest BCUT2D eigenvalue weighted by molar-refractivity contribution is -0.131. The second-order valence-electron chi connectivity index (χ2n) is 7.14. The molecule has 2 aliphatic rings. The summed E-state index contributed by atoms with van der Waals surface area (Å²) in [6, 6.07) is 7.47. The molecule has 0 unspecified atom stereocenters. The Morgan fingerprint density at radius 3 is 2.81 bits per heavy atom. The fraction of sp³-hybridized carbons (Fsp3) is 0.524. The number of amides is 2. The van der Waals surface area contributed by atoms with Gasteiger partial charge in [-0.3, -0.25) is 9.59 Å². The van der Waals surface area contributed by atoms with Crippen LogP contribution in [0.4, 0.5) is 5.69 Å². The molecule has 0 bridgehead atoms. The number of carbonyl (C=O) groups excluding carboxylic acids is 2. The van der Waals surface area contributed by atoms with Crippen molar-refractivity contribution in [2.24, 2.45) is 5.92 Å². The highest BCUT2D eigenvalue weighted by atomic mass is 16.5. The standard InChI is InChI=1S/C21H28N2O3/c1-2-13-22(15-17-8-4-3-5-9-17)20(24)12-14-23-18-10-6-7-11-19(18)26-16-21(23)25/h2,6-7,10-11,17H,1,3-5,8-9,12-16H2. The Kier molecular flexibility index (Phi) is 6.31. The molecule has 140 valence electrons. The topological polar surface area (TPSA) is 49.9 Å². The van der Waals surface area contributed by atoms with Crippen molar-refractivity contribution in [1.29, 1.82) is 0 Å². The number of rotatable bonds is 7. The van der Waals surface area contributed by atoms with Crippen molar-refractivity contribution in [2.45, 2.75) is 38.5 Å². The molecule has 5 nitrogen and oxygen atoms in total. The van der Waals surface area contributed by atoms with E-state index in [1.54, 1.807) is 11.0 Å². The maximum absolute atomic E-state index is 12.8.